The summed E-state index contributed by atoms with van der Waals surface area (Å²) in [5.74, 6) is -1.40. The lowest BCUT2D eigenvalue weighted by Gasteiger charge is -2.42. The molecule has 2 heterocycles. The molecule has 1 aliphatic heterocycles. The summed E-state index contributed by atoms with van der Waals surface area (Å²) < 4.78 is 36.5. The van der Waals surface area contributed by atoms with Gasteiger partial charge in [-0.15, -0.1) is 0 Å². The van der Waals surface area contributed by atoms with E-state index in [1.165, 1.54) is 17.2 Å². The minimum Gasteiger partial charge on any atom is -0.497 e. The van der Waals surface area contributed by atoms with Gasteiger partial charge in [0.1, 0.15) is 23.5 Å². The van der Waals surface area contributed by atoms with Gasteiger partial charge in [-0.25, -0.2) is 8.78 Å². The third kappa shape index (κ3) is 6.54. The summed E-state index contributed by atoms with van der Waals surface area (Å²) in [7, 11) is 1.54. The highest BCUT2D eigenvalue weighted by atomic mass is 19.1. The highest BCUT2D eigenvalue weighted by molar-refractivity contribution is 5.72. The van der Waals surface area contributed by atoms with Crippen molar-refractivity contribution >= 4 is 11.4 Å². The van der Waals surface area contributed by atoms with E-state index in [1.54, 1.807) is 25.4 Å². The zero-order valence-electron chi connectivity index (χ0n) is 29.6. The summed E-state index contributed by atoms with van der Waals surface area (Å²) in [5, 5.41) is 11.1. The smallest absolute Gasteiger partial charge is 0.135 e. The monoisotopic (exact) mass is 648 g/mol. The van der Waals surface area contributed by atoms with Gasteiger partial charge in [-0.2, -0.15) is 5.26 Å². The van der Waals surface area contributed by atoms with Crippen molar-refractivity contribution in [2.45, 2.75) is 86.2 Å². The van der Waals surface area contributed by atoms with E-state index in [-0.39, 0.29) is 5.56 Å². The van der Waals surface area contributed by atoms with Gasteiger partial charge in [-0.3, -0.25) is 4.98 Å². The van der Waals surface area contributed by atoms with Crippen LogP contribution in [0.3, 0.4) is 0 Å². The molecule has 0 saturated heterocycles. The molecule has 2 atom stereocenters. The van der Waals surface area contributed by atoms with Crippen molar-refractivity contribution in [3.63, 3.8) is 0 Å². The first-order valence-corrected chi connectivity index (χ1v) is 16.6. The number of aromatic nitrogens is 1. The van der Waals surface area contributed by atoms with Gasteiger partial charge in [0.25, 0.3) is 0 Å². The van der Waals surface area contributed by atoms with Gasteiger partial charge < -0.3 is 14.5 Å². The van der Waals surface area contributed by atoms with Crippen molar-refractivity contribution in [1.29, 1.82) is 5.26 Å². The molecule has 0 bridgehead atoms. The fraction of sp³-hybridized carbons (Fsp3) is 0.366. The molecule has 0 saturated carbocycles. The van der Waals surface area contributed by atoms with Crippen LogP contribution in [-0.2, 0) is 5.41 Å². The van der Waals surface area contributed by atoms with Crippen LogP contribution < -0.4 is 14.5 Å². The molecular weight excluding hydrogens is 602 g/mol. The highest BCUT2D eigenvalue weighted by Gasteiger charge is 2.43. The SMILES string of the molecule is CCCC(C)(C[C@@H](C#N)C1N(c2c(C)cc(C)cc2C)C=CN1c1c(C)cc(C)cc1C)c1cc(F)cc(F)c1-c1cc(OC)ccn1. The number of anilines is 2. The zero-order chi connectivity index (χ0) is 34.9. The van der Waals surface area contributed by atoms with Gasteiger partial charge in [0, 0.05) is 47.7 Å². The van der Waals surface area contributed by atoms with Crippen molar-refractivity contribution in [3.05, 3.63) is 118 Å². The van der Waals surface area contributed by atoms with E-state index in [0.717, 1.165) is 46.1 Å². The Bertz CT molecular complexity index is 1800. The maximum absolute atomic E-state index is 15.9. The standard InChI is InChI=1S/C41H46F2N4O/c1-10-12-41(8,34-20-32(42)21-35(43)37(34)36-22-33(48-9)11-13-45-36)23-31(24-44)40-46(38-27(4)16-25(2)17-28(38)5)14-15-47(40)39-29(6)18-26(3)19-30(39)7/h11,13-22,31,40H,10,12,23H2,1-9H3/t31-,41?/m0/s1. The van der Waals surface area contributed by atoms with Gasteiger partial charge in [0.15, 0.2) is 0 Å². The van der Waals surface area contributed by atoms with E-state index < -0.39 is 29.1 Å². The normalized spacial score (nSPS) is 15.0. The molecule has 7 heteroatoms. The molecule has 0 radical (unpaired) electrons. The molecule has 0 aliphatic carbocycles. The van der Waals surface area contributed by atoms with Crippen LogP contribution in [0, 0.1) is 70.4 Å². The molecule has 250 valence electrons. The Labute approximate surface area is 284 Å². The van der Waals surface area contributed by atoms with Gasteiger partial charge in [0.2, 0.25) is 0 Å². The largest absolute Gasteiger partial charge is 0.497 e. The van der Waals surface area contributed by atoms with Crippen LogP contribution in [0.25, 0.3) is 11.3 Å². The number of aryl methyl sites for hydroxylation is 6. The summed E-state index contributed by atoms with van der Waals surface area (Å²) >= 11 is 0. The maximum atomic E-state index is 15.9. The van der Waals surface area contributed by atoms with Crippen LogP contribution in [-0.4, -0.2) is 18.3 Å². The minimum atomic E-state index is -0.785. The number of benzene rings is 3. The molecule has 0 spiro atoms. The summed E-state index contributed by atoms with van der Waals surface area (Å²) in [5.41, 5.74) is 9.25. The van der Waals surface area contributed by atoms with E-state index >= 15 is 8.78 Å². The molecule has 5 rings (SSSR count). The molecule has 1 unspecified atom stereocenters. The van der Waals surface area contributed by atoms with Gasteiger partial charge in [0.05, 0.1) is 24.8 Å². The number of ether oxygens (including phenoxy) is 1. The molecule has 0 N–H and O–H groups in total. The Balaban J connectivity index is 1.70. The molecule has 48 heavy (non-hydrogen) atoms. The lowest BCUT2D eigenvalue weighted by Crippen LogP contribution is -2.47. The number of pyridine rings is 1. The van der Waals surface area contributed by atoms with E-state index in [4.69, 9.17) is 4.74 Å². The molecular formula is C41H46F2N4O. The van der Waals surface area contributed by atoms with Crippen LogP contribution in [0.15, 0.2) is 67.1 Å². The number of rotatable bonds is 10. The molecule has 1 aliphatic rings. The maximum Gasteiger partial charge on any atom is 0.135 e. The average molecular weight is 649 g/mol. The summed E-state index contributed by atoms with van der Waals surface area (Å²) in [4.78, 5) is 8.93. The first kappa shape index (κ1) is 34.6. The Kier molecular flexibility index (Phi) is 9.96. The topological polar surface area (TPSA) is 52.4 Å². The van der Waals surface area contributed by atoms with E-state index in [2.05, 4.69) is 106 Å². The molecule has 0 amide bonds. The highest BCUT2D eigenvalue weighted by Crippen LogP contribution is 2.46. The first-order chi connectivity index (χ1) is 22.8. The fourth-order valence-electron chi connectivity index (χ4n) is 8.00. The second-order valence-corrected chi connectivity index (χ2v) is 13.7. The van der Waals surface area contributed by atoms with Crippen molar-refractivity contribution in [2.75, 3.05) is 16.9 Å². The molecule has 1 aromatic heterocycles. The van der Waals surface area contributed by atoms with E-state index in [0.29, 0.717) is 29.8 Å². The number of nitrogens with zero attached hydrogens (tertiary/aromatic N) is 4. The van der Waals surface area contributed by atoms with Crippen LogP contribution >= 0.6 is 0 Å². The molecule has 5 nitrogen and oxygen atoms in total. The number of hydrogen-bond donors (Lipinski definition) is 0. The lowest BCUT2D eigenvalue weighted by atomic mass is 9.70. The quantitative estimate of drug-likeness (QED) is 0.171. The fourth-order valence-corrected chi connectivity index (χ4v) is 8.00. The summed E-state index contributed by atoms with van der Waals surface area (Å²) in [6.45, 7) is 16.7. The third-order valence-corrected chi connectivity index (χ3v) is 9.67. The van der Waals surface area contributed by atoms with Crippen LogP contribution in [0.4, 0.5) is 20.2 Å². The molecule has 4 aromatic rings. The van der Waals surface area contributed by atoms with Crippen molar-refractivity contribution in [1.82, 2.24) is 4.98 Å². The van der Waals surface area contributed by atoms with Crippen LogP contribution in [0.5, 0.6) is 5.75 Å². The van der Waals surface area contributed by atoms with Gasteiger partial charge >= 0.3 is 0 Å². The second kappa shape index (κ2) is 13.8. The average Bonchev–Trinajstić information content (AvgIpc) is 3.42. The Morgan fingerprint density at radius 3 is 1.90 bits per heavy atom. The Hall–Kier alpha value is -4.70. The lowest BCUT2D eigenvalue weighted by molar-refractivity contribution is 0.323. The first-order valence-electron chi connectivity index (χ1n) is 16.6. The second-order valence-electron chi connectivity index (χ2n) is 13.7. The third-order valence-electron chi connectivity index (χ3n) is 9.67. The Morgan fingerprint density at radius 2 is 1.42 bits per heavy atom. The number of halogens is 2. The van der Waals surface area contributed by atoms with Crippen LogP contribution in [0.2, 0.25) is 0 Å². The van der Waals surface area contributed by atoms with E-state index in [9.17, 15) is 5.26 Å². The number of nitriles is 1. The van der Waals surface area contributed by atoms with Crippen molar-refractivity contribution < 1.29 is 13.5 Å². The van der Waals surface area contributed by atoms with Gasteiger partial charge in [-0.05, 0) is 99.7 Å². The molecule has 0 fully saturated rings. The zero-order valence-corrected chi connectivity index (χ0v) is 29.6. The van der Waals surface area contributed by atoms with Crippen molar-refractivity contribution in [3.8, 4) is 23.1 Å². The van der Waals surface area contributed by atoms with Crippen molar-refractivity contribution in [2.24, 2.45) is 5.92 Å². The van der Waals surface area contributed by atoms with Gasteiger partial charge in [-0.1, -0.05) is 55.7 Å². The summed E-state index contributed by atoms with van der Waals surface area (Å²) in [6.07, 6.45) is 7.00. The Morgan fingerprint density at radius 1 is 0.875 bits per heavy atom. The minimum absolute atomic E-state index is 0.233. The van der Waals surface area contributed by atoms with E-state index in [1.807, 2.05) is 6.92 Å². The predicted molar refractivity (Wildman–Crippen MR) is 191 cm³/mol. The number of methoxy groups -OCH3 is 1. The number of hydrogen-bond acceptors (Lipinski definition) is 5. The predicted octanol–water partition coefficient (Wildman–Crippen LogP) is 10.3. The van der Waals surface area contributed by atoms with Crippen LogP contribution in [0.1, 0.15) is 72.1 Å². The molecule has 3 aromatic carbocycles. The summed E-state index contributed by atoms with van der Waals surface area (Å²) in [6, 6.07) is 17.1.